The van der Waals surface area contributed by atoms with Gasteiger partial charge in [-0.05, 0) is 93.3 Å². The van der Waals surface area contributed by atoms with Crippen molar-refractivity contribution in [2.45, 2.75) is 63.9 Å². The van der Waals surface area contributed by atoms with E-state index in [2.05, 4.69) is 20.5 Å². The molecule has 0 aliphatic heterocycles. The zero-order valence-electron chi connectivity index (χ0n) is 27.0. The Morgan fingerprint density at radius 3 is 1.78 bits per heavy atom. The number of halogens is 6. The van der Waals surface area contributed by atoms with Crippen molar-refractivity contribution in [1.82, 2.24) is 0 Å². The highest BCUT2D eigenvalue weighted by Gasteiger charge is 2.49. The third-order valence-corrected chi connectivity index (χ3v) is 9.59. The van der Waals surface area contributed by atoms with E-state index >= 15 is 0 Å². The standard InChI is InChI=1S/C12H11F3O3S.C12H9F3O3S.C11H12O/c2*1-8-5-6-9-3-2-4-11(10(9)7-8)18-19(16,17)12(13,14)15;1-8-5-6-9-3-2-4-11(12)10(9)7-8/h4-7H,2-3H2,1H3;2-7H,1H3;5-7H,2-4H2,1H3. The second kappa shape index (κ2) is 14.9. The van der Waals surface area contributed by atoms with E-state index in [4.69, 9.17) is 0 Å². The number of hydrogen-bond donors (Lipinski definition) is 0. The Labute approximate surface area is 285 Å². The van der Waals surface area contributed by atoms with Gasteiger partial charge >= 0.3 is 31.3 Å². The molecule has 0 saturated carbocycles. The van der Waals surface area contributed by atoms with Gasteiger partial charge in [-0.2, -0.15) is 43.2 Å². The average molecular weight is 743 g/mol. The third-order valence-electron chi connectivity index (χ3n) is 7.65. The summed E-state index contributed by atoms with van der Waals surface area (Å²) in [5.74, 6) is -0.263. The molecule has 2 aliphatic rings. The molecule has 0 spiro atoms. The molecule has 15 heteroatoms. The summed E-state index contributed by atoms with van der Waals surface area (Å²) in [5, 5.41) is 0.913. The van der Waals surface area contributed by atoms with Crippen LogP contribution >= 0.6 is 0 Å². The van der Waals surface area contributed by atoms with Crippen molar-refractivity contribution in [3.63, 3.8) is 0 Å². The first-order chi connectivity index (χ1) is 23.2. The number of fused-ring (bicyclic) bond motifs is 3. The molecule has 0 atom stereocenters. The summed E-state index contributed by atoms with van der Waals surface area (Å²) >= 11 is 0. The van der Waals surface area contributed by atoms with Gasteiger partial charge in [-0.25, -0.2) is 0 Å². The summed E-state index contributed by atoms with van der Waals surface area (Å²) in [5.41, 5.74) is -4.71. The van der Waals surface area contributed by atoms with Crippen molar-refractivity contribution >= 4 is 42.6 Å². The van der Waals surface area contributed by atoms with Crippen LogP contribution in [0.4, 0.5) is 26.3 Å². The molecule has 6 rings (SSSR count). The van der Waals surface area contributed by atoms with Crippen LogP contribution in [0.1, 0.15) is 63.0 Å². The highest BCUT2D eigenvalue weighted by molar-refractivity contribution is 7.88. The topological polar surface area (TPSA) is 104 Å². The normalized spacial score (nSPS) is 14.6. The molecule has 0 radical (unpaired) electrons. The number of carbonyl (C=O) groups is 1. The quantitative estimate of drug-likeness (QED) is 0.117. The van der Waals surface area contributed by atoms with Gasteiger partial charge in [0.15, 0.2) is 11.5 Å². The van der Waals surface area contributed by atoms with Crippen molar-refractivity contribution in [2.24, 2.45) is 0 Å². The highest BCUT2D eigenvalue weighted by atomic mass is 32.2. The van der Waals surface area contributed by atoms with Crippen LogP contribution in [-0.4, -0.2) is 33.6 Å². The maximum absolute atomic E-state index is 12.3. The van der Waals surface area contributed by atoms with Crippen LogP contribution in [0.25, 0.3) is 16.5 Å². The van der Waals surface area contributed by atoms with Gasteiger partial charge in [0, 0.05) is 22.9 Å². The fourth-order valence-electron chi connectivity index (χ4n) is 5.19. The Balaban J connectivity index is 0.000000173. The van der Waals surface area contributed by atoms with Gasteiger partial charge in [-0.1, -0.05) is 65.2 Å². The summed E-state index contributed by atoms with van der Waals surface area (Å²) in [6.45, 7) is 5.54. The average Bonchev–Trinajstić information content (AvgIpc) is 3.01. The van der Waals surface area contributed by atoms with Crippen LogP contribution < -0.4 is 4.18 Å². The van der Waals surface area contributed by atoms with E-state index in [9.17, 15) is 48.0 Å². The number of Topliss-reactive ketones (excluding diaryl/α,β-unsaturated/α-hetero) is 1. The van der Waals surface area contributed by atoms with Crippen LogP contribution in [0.5, 0.6) is 5.75 Å². The van der Waals surface area contributed by atoms with E-state index in [1.165, 1.54) is 29.3 Å². The van der Waals surface area contributed by atoms with E-state index in [0.29, 0.717) is 35.0 Å². The molecule has 4 aromatic carbocycles. The molecular formula is C35H32F6O7S2. The van der Waals surface area contributed by atoms with Gasteiger partial charge in [0.2, 0.25) is 0 Å². The Hall–Kier alpha value is -4.37. The lowest BCUT2D eigenvalue weighted by Crippen LogP contribution is -2.28. The van der Waals surface area contributed by atoms with Gasteiger partial charge in [-0.15, -0.1) is 0 Å². The minimum atomic E-state index is -5.66. The predicted octanol–water partition coefficient (Wildman–Crippen LogP) is 9.04. The molecule has 2 aliphatic carbocycles. The summed E-state index contributed by atoms with van der Waals surface area (Å²) in [6, 6.07) is 20.7. The second-order valence-electron chi connectivity index (χ2n) is 11.7. The summed E-state index contributed by atoms with van der Waals surface area (Å²) < 4.78 is 126. The Morgan fingerprint density at radius 2 is 1.16 bits per heavy atom. The van der Waals surface area contributed by atoms with Gasteiger partial charge < -0.3 is 8.37 Å². The molecule has 7 nitrogen and oxygen atoms in total. The number of rotatable bonds is 4. The number of hydrogen-bond acceptors (Lipinski definition) is 7. The number of allylic oxidation sites excluding steroid dienone is 1. The molecule has 0 N–H and O–H groups in total. The summed E-state index contributed by atoms with van der Waals surface area (Å²) in [6.07, 6.45) is 5.28. The van der Waals surface area contributed by atoms with E-state index in [-0.39, 0.29) is 11.5 Å². The fourth-order valence-corrected chi connectivity index (χ4v) is 6.15. The first-order valence-electron chi connectivity index (χ1n) is 15.1. The SMILES string of the molecule is Cc1ccc2c(c1)C(=O)CCC2.Cc1ccc2c(c1)C(OS(=O)(=O)C(F)(F)F)=CCC2.Cc1ccc2cccc(OS(=O)(=O)C(F)(F)F)c2c1. The van der Waals surface area contributed by atoms with Crippen LogP contribution in [0.2, 0.25) is 0 Å². The Morgan fingerprint density at radius 1 is 0.620 bits per heavy atom. The molecule has 268 valence electrons. The zero-order valence-corrected chi connectivity index (χ0v) is 28.6. The van der Waals surface area contributed by atoms with Crippen LogP contribution in [0.15, 0.2) is 78.9 Å². The van der Waals surface area contributed by atoms with E-state index < -0.39 is 31.3 Å². The number of aryl methyl sites for hydroxylation is 5. The highest BCUT2D eigenvalue weighted by Crippen LogP contribution is 2.35. The molecule has 0 bridgehead atoms. The predicted molar refractivity (Wildman–Crippen MR) is 176 cm³/mol. The van der Waals surface area contributed by atoms with Crippen molar-refractivity contribution in [3.8, 4) is 5.75 Å². The molecule has 4 aromatic rings. The minimum absolute atomic E-state index is 0.248. The van der Waals surface area contributed by atoms with E-state index in [1.54, 1.807) is 50.2 Å². The van der Waals surface area contributed by atoms with Crippen LogP contribution in [0.3, 0.4) is 0 Å². The van der Waals surface area contributed by atoms with Gasteiger partial charge in [0.05, 0.1) is 0 Å². The largest absolute Gasteiger partial charge is 0.534 e. The molecule has 0 unspecified atom stereocenters. The Kier molecular flexibility index (Phi) is 11.4. The fraction of sp³-hybridized carbons (Fsp3) is 0.286. The minimum Gasteiger partial charge on any atom is -0.376 e. The van der Waals surface area contributed by atoms with Gasteiger partial charge in [0.1, 0.15) is 5.76 Å². The summed E-state index contributed by atoms with van der Waals surface area (Å²) in [7, 11) is -11.3. The lowest BCUT2D eigenvalue weighted by molar-refractivity contribution is -0.0511. The molecular weight excluding hydrogens is 711 g/mol. The lowest BCUT2D eigenvalue weighted by Gasteiger charge is -2.19. The maximum Gasteiger partial charge on any atom is 0.534 e. The molecule has 0 amide bonds. The molecule has 0 saturated heterocycles. The second-order valence-corrected chi connectivity index (χ2v) is 14.7. The van der Waals surface area contributed by atoms with Crippen LogP contribution in [0, 0.1) is 20.8 Å². The molecule has 50 heavy (non-hydrogen) atoms. The molecule has 0 aromatic heterocycles. The number of alkyl halides is 6. The van der Waals surface area contributed by atoms with Crippen LogP contribution in [-0.2, 0) is 37.3 Å². The van der Waals surface area contributed by atoms with Crippen molar-refractivity contribution < 1.29 is 56.3 Å². The van der Waals surface area contributed by atoms with E-state index in [1.807, 2.05) is 19.1 Å². The molecule has 0 heterocycles. The smallest absolute Gasteiger partial charge is 0.376 e. The molecule has 0 fully saturated rings. The van der Waals surface area contributed by atoms with E-state index in [0.717, 1.165) is 41.5 Å². The van der Waals surface area contributed by atoms with Gasteiger partial charge in [-0.3, -0.25) is 4.79 Å². The van der Waals surface area contributed by atoms with Crippen molar-refractivity contribution in [1.29, 1.82) is 0 Å². The van der Waals surface area contributed by atoms with Gasteiger partial charge in [0.25, 0.3) is 0 Å². The maximum atomic E-state index is 12.3. The monoisotopic (exact) mass is 742 g/mol. The Bertz CT molecular complexity index is 2150. The number of carbonyl (C=O) groups excluding carboxylic acids is 1. The number of ketones is 1. The lowest BCUT2D eigenvalue weighted by atomic mass is 9.90. The summed E-state index contributed by atoms with van der Waals surface area (Å²) in [4.78, 5) is 11.4. The zero-order chi connectivity index (χ0) is 37.1. The van der Waals surface area contributed by atoms with Crippen molar-refractivity contribution in [2.75, 3.05) is 0 Å². The van der Waals surface area contributed by atoms with Crippen molar-refractivity contribution in [3.05, 3.63) is 118 Å². The number of benzene rings is 4. The third kappa shape index (κ3) is 9.24. The first kappa shape index (κ1) is 38.4. The first-order valence-corrected chi connectivity index (χ1v) is 17.9.